The van der Waals surface area contributed by atoms with E-state index < -0.39 is 6.10 Å². The molecule has 0 unspecified atom stereocenters. The number of fused-ring (bicyclic) bond motifs is 1. The fourth-order valence-corrected chi connectivity index (χ4v) is 2.56. The van der Waals surface area contributed by atoms with Gasteiger partial charge in [0.2, 0.25) is 5.95 Å². The first-order valence-electron chi connectivity index (χ1n) is 8.34. The first kappa shape index (κ1) is 17.1. The molecule has 0 radical (unpaired) electrons. The lowest BCUT2D eigenvalue weighted by Gasteiger charge is -2.12. The van der Waals surface area contributed by atoms with E-state index in [0.29, 0.717) is 18.9 Å². The van der Waals surface area contributed by atoms with Crippen molar-refractivity contribution in [3.8, 4) is 0 Å². The Morgan fingerprint density at radius 2 is 1.92 bits per heavy atom. The maximum atomic E-state index is 9.73. The number of hydrogen-bond donors (Lipinski definition) is 4. The van der Waals surface area contributed by atoms with E-state index in [9.17, 15) is 5.11 Å². The van der Waals surface area contributed by atoms with E-state index in [1.165, 1.54) is 0 Å². The predicted molar refractivity (Wildman–Crippen MR) is 100 cm³/mol. The Morgan fingerprint density at radius 3 is 2.72 bits per heavy atom. The van der Waals surface area contributed by atoms with Crippen molar-refractivity contribution in [2.24, 2.45) is 0 Å². The van der Waals surface area contributed by atoms with E-state index in [0.717, 1.165) is 28.0 Å². The lowest BCUT2D eigenvalue weighted by Crippen LogP contribution is -2.08. The number of anilines is 3. The normalized spacial score (nSPS) is 12.1. The second kappa shape index (κ2) is 7.92. The Bertz CT molecular complexity index is 852. The highest BCUT2D eigenvalue weighted by atomic mass is 16.3. The topological polar surface area (TPSA) is 90.3 Å². The van der Waals surface area contributed by atoms with Gasteiger partial charge in [-0.05, 0) is 43.2 Å². The van der Waals surface area contributed by atoms with Gasteiger partial charge in [0.1, 0.15) is 5.82 Å². The molecule has 25 heavy (non-hydrogen) atoms. The van der Waals surface area contributed by atoms with E-state index in [1.54, 1.807) is 6.92 Å². The third-order valence-corrected chi connectivity index (χ3v) is 3.86. The molecule has 0 fully saturated rings. The molecule has 0 saturated carbocycles. The number of aliphatic hydroxyl groups is 2. The van der Waals surface area contributed by atoms with Crippen LogP contribution in [-0.2, 0) is 0 Å². The molecule has 0 aliphatic carbocycles. The lowest BCUT2D eigenvalue weighted by molar-refractivity contribution is 0.199. The maximum absolute atomic E-state index is 9.73. The molecule has 1 heterocycles. The minimum atomic E-state index is -0.532. The fraction of sp³-hybridized carbons (Fsp3) is 0.263. The minimum absolute atomic E-state index is 0.132. The van der Waals surface area contributed by atoms with Gasteiger partial charge in [-0.3, -0.25) is 0 Å². The van der Waals surface area contributed by atoms with E-state index in [1.807, 2.05) is 48.5 Å². The molecule has 3 aromatic rings. The van der Waals surface area contributed by atoms with Crippen molar-refractivity contribution >= 4 is 28.4 Å². The van der Waals surface area contributed by atoms with Crippen LogP contribution in [0.25, 0.3) is 10.9 Å². The summed E-state index contributed by atoms with van der Waals surface area (Å²) in [6, 6.07) is 15.3. The van der Waals surface area contributed by atoms with Gasteiger partial charge in [-0.15, -0.1) is 0 Å². The molecule has 130 valence electrons. The maximum Gasteiger partial charge on any atom is 0.229 e. The Morgan fingerprint density at radius 1 is 1.08 bits per heavy atom. The minimum Gasteiger partial charge on any atom is -0.396 e. The highest BCUT2D eigenvalue weighted by Gasteiger charge is 2.08. The zero-order valence-corrected chi connectivity index (χ0v) is 14.1. The molecule has 0 aliphatic heterocycles. The van der Waals surface area contributed by atoms with Crippen LogP contribution in [0.15, 0.2) is 48.5 Å². The largest absolute Gasteiger partial charge is 0.396 e. The molecule has 3 rings (SSSR count). The van der Waals surface area contributed by atoms with Crippen LogP contribution >= 0.6 is 0 Å². The van der Waals surface area contributed by atoms with Crippen molar-refractivity contribution in [2.75, 3.05) is 23.8 Å². The van der Waals surface area contributed by atoms with E-state index in [2.05, 4.69) is 20.6 Å². The Kier molecular flexibility index (Phi) is 5.42. The van der Waals surface area contributed by atoms with Crippen LogP contribution < -0.4 is 10.6 Å². The van der Waals surface area contributed by atoms with Crippen LogP contribution in [0.4, 0.5) is 17.5 Å². The smallest absolute Gasteiger partial charge is 0.229 e. The molecule has 0 spiro atoms. The standard InChI is InChI=1S/C19H22N4O2/c1-13(25)14-6-4-7-15(12-14)21-19-22-17-9-3-2-8-16(17)18(23-19)20-10-5-11-24/h2-4,6-9,12-13,24-25H,5,10-11H2,1H3,(H2,20,21,22,23)/t13-/m1/s1. The number of para-hydroxylation sites is 1. The molecule has 0 bridgehead atoms. The summed E-state index contributed by atoms with van der Waals surface area (Å²) in [5.41, 5.74) is 2.47. The van der Waals surface area contributed by atoms with Crippen LogP contribution in [0.1, 0.15) is 25.0 Å². The number of aliphatic hydroxyl groups excluding tert-OH is 2. The fourth-order valence-electron chi connectivity index (χ4n) is 2.56. The molecule has 2 aromatic carbocycles. The third-order valence-electron chi connectivity index (χ3n) is 3.86. The summed E-state index contributed by atoms with van der Waals surface area (Å²) < 4.78 is 0. The van der Waals surface area contributed by atoms with Crippen LogP contribution in [0.2, 0.25) is 0 Å². The van der Waals surface area contributed by atoms with Crippen LogP contribution in [0, 0.1) is 0 Å². The third kappa shape index (κ3) is 4.23. The van der Waals surface area contributed by atoms with Gasteiger partial charge in [0.15, 0.2) is 0 Å². The molecule has 0 saturated heterocycles. The highest BCUT2D eigenvalue weighted by molar-refractivity contribution is 5.90. The van der Waals surface area contributed by atoms with E-state index >= 15 is 0 Å². The predicted octanol–water partition coefficient (Wildman–Crippen LogP) is 3.22. The number of aromatic nitrogens is 2. The second-order valence-electron chi connectivity index (χ2n) is 5.84. The zero-order chi connectivity index (χ0) is 17.6. The summed E-state index contributed by atoms with van der Waals surface area (Å²) in [5.74, 6) is 1.21. The van der Waals surface area contributed by atoms with E-state index in [4.69, 9.17) is 5.11 Å². The summed E-state index contributed by atoms with van der Waals surface area (Å²) in [7, 11) is 0. The number of benzene rings is 2. The van der Waals surface area contributed by atoms with Gasteiger partial charge < -0.3 is 20.8 Å². The summed E-state index contributed by atoms with van der Waals surface area (Å²) in [6.45, 7) is 2.50. The van der Waals surface area contributed by atoms with Gasteiger partial charge in [0.25, 0.3) is 0 Å². The SMILES string of the molecule is C[C@@H](O)c1cccc(Nc2nc(NCCCO)c3ccccc3n2)c1. The van der Waals surface area contributed by atoms with Crippen molar-refractivity contribution in [3.63, 3.8) is 0 Å². The molecule has 4 N–H and O–H groups in total. The first-order chi connectivity index (χ1) is 12.2. The molecule has 1 atom stereocenters. The number of rotatable bonds is 7. The number of hydrogen-bond acceptors (Lipinski definition) is 6. The highest BCUT2D eigenvalue weighted by Crippen LogP contribution is 2.24. The second-order valence-corrected chi connectivity index (χ2v) is 5.84. The van der Waals surface area contributed by atoms with Gasteiger partial charge in [-0.1, -0.05) is 24.3 Å². The van der Waals surface area contributed by atoms with Crippen molar-refractivity contribution < 1.29 is 10.2 Å². The summed E-state index contributed by atoms with van der Waals surface area (Å²) >= 11 is 0. The van der Waals surface area contributed by atoms with Gasteiger partial charge in [0, 0.05) is 24.2 Å². The first-order valence-corrected chi connectivity index (χ1v) is 8.34. The quantitative estimate of drug-likeness (QED) is 0.495. The van der Waals surface area contributed by atoms with Gasteiger partial charge >= 0.3 is 0 Å². The average Bonchev–Trinajstić information content (AvgIpc) is 2.62. The van der Waals surface area contributed by atoms with Gasteiger partial charge in [-0.25, -0.2) is 4.98 Å². The Hall–Kier alpha value is -2.70. The lowest BCUT2D eigenvalue weighted by atomic mass is 10.1. The molecular formula is C19H22N4O2. The van der Waals surface area contributed by atoms with Gasteiger partial charge in [-0.2, -0.15) is 4.98 Å². The van der Waals surface area contributed by atoms with Gasteiger partial charge in [0.05, 0.1) is 11.6 Å². The number of nitrogens with one attached hydrogen (secondary N) is 2. The Balaban J connectivity index is 1.92. The molecule has 0 amide bonds. The summed E-state index contributed by atoms with van der Waals surface area (Å²) in [4.78, 5) is 9.12. The molecule has 0 aliphatic rings. The summed E-state index contributed by atoms with van der Waals surface area (Å²) in [6.07, 6.45) is 0.118. The van der Waals surface area contributed by atoms with Crippen molar-refractivity contribution in [3.05, 3.63) is 54.1 Å². The monoisotopic (exact) mass is 338 g/mol. The van der Waals surface area contributed by atoms with Crippen LogP contribution in [-0.4, -0.2) is 33.3 Å². The summed E-state index contributed by atoms with van der Waals surface area (Å²) in [5, 5.41) is 26.1. The van der Waals surface area contributed by atoms with E-state index in [-0.39, 0.29) is 6.61 Å². The van der Waals surface area contributed by atoms with Crippen molar-refractivity contribution in [1.82, 2.24) is 9.97 Å². The van der Waals surface area contributed by atoms with Crippen molar-refractivity contribution in [1.29, 1.82) is 0 Å². The average molecular weight is 338 g/mol. The van der Waals surface area contributed by atoms with Crippen molar-refractivity contribution in [2.45, 2.75) is 19.4 Å². The molecule has 1 aromatic heterocycles. The zero-order valence-electron chi connectivity index (χ0n) is 14.1. The number of nitrogens with zero attached hydrogens (tertiary/aromatic N) is 2. The van der Waals surface area contributed by atoms with Crippen LogP contribution in [0.5, 0.6) is 0 Å². The van der Waals surface area contributed by atoms with Crippen LogP contribution in [0.3, 0.4) is 0 Å². The molecular weight excluding hydrogens is 316 g/mol. The molecule has 6 nitrogen and oxygen atoms in total. The Labute approximate surface area is 146 Å². The molecule has 6 heteroatoms.